The van der Waals surface area contributed by atoms with Crippen LogP contribution in [0.2, 0.25) is 0 Å². The molecule has 3 N–H and O–H groups in total. The molecular formula is C30H42N2O9. The van der Waals surface area contributed by atoms with Crippen LogP contribution in [0.4, 0.5) is 4.79 Å². The minimum absolute atomic E-state index is 0.141. The van der Waals surface area contributed by atoms with Crippen molar-refractivity contribution in [3.63, 3.8) is 0 Å². The molecule has 2 rings (SSSR count). The Balaban J connectivity index is 2.66. The quantitative estimate of drug-likeness (QED) is 0.373. The standard InChI is InChI=1S/C30H42N2O9/c1-16-10-9-11-23(37-5)28(41-30(31)36)18(3)12-17(2)27(40-8)24(38-6)13-19(4)26(39-7)21-14-20(33)15-22(25(21)34)32-29(16)35/h9-12,14-15,17,19,23-24,26-28H,13H2,1-8H3,(H2,31,36)(H,32,35)/b11-9+,16-10-,18-12+/t17-,19-,23+,24-,26-,27-,28+/m1/s1. The van der Waals surface area contributed by atoms with Crippen LogP contribution in [0.25, 0.3) is 0 Å². The van der Waals surface area contributed by atoms with Gasteiger partial charge in [0.1, 0.15) is 6.10 Å². The SMILES string of the molecule is CO[C@@H]1[C@H](C)/C=C(\C)[C@H](OC(N)=O)[C@@H](OC)/C=C/C=C(/C)C(=O)NC2=CC(=O)C=C(C2=O)[C@H](OC)[C@H](C)C[C@H]1OC. The van der Waals surface area contributed by atoms with Gasteiger partial charge in [0.25, 0.3) is 5.91 Å². The average molecular weight is 575 g/mol. The molecule has 0 spiro atoms. The second-order valence-corrected chi connectivity index (χ2v) is 10.2. The van der Waals surface area contributed by atoms with E-state index in [4.69, 9.17) is 29.4 Å². The third-order valence-corrected chi connectivity index (χ3v) is 7.27. The van der Waals surface area contributed by atoms with Gasteiger partial charge in [0.05, 0.1) is 24.0 Å². The van der Waals surface area contributed by atoms with Crippen molar-refractivity contribution in [1.29, 1.82) is 0 Å². The second kappa shape index (κ2) is 15.6. The monoisotopic (exact) mass is 574 g/mol. The van der Waals surface area contributed by atoms with Gasteiger partial charge >= 0.3 is 6.09 Å². The number of carbonyl (C=O) groups excluding carboxylic acids is 4. The van der Waals surface area contributed by atoms with E-state index in [1.165, 1.54) is 26.4 Å². The number of allylic oxidation sites excluding steroid dienone is 5. The summed E-state index contributed by atoms with van der Waals surface area (Å²) in [5, 5.41) is 2.54. The number of nitrogens with one attached hydrogen (secondary N) is 1. The van der Waals surface area contributed by atoms with Gasteiger partial charge in [-0.15, -0.1) is 0 Å². The number of fused-ring (bicyclic) bond motifs is 2. The summed E-state index contributed by atoms with van der Waals surface area (Å²) < 4.78 is 28.4. The summed E-state index contributed by atoms with van der Waals surface area (Å²) in [4.78, 5) is 50.6. The van der Waals surface area contributed by atoms with E-state index in [2.05, 4.69) is 5.32 Å². The lowest BCUT2D eigenvalue weighted by Gasteiger charge is -2.34. The van der Waals surface area contributed by atoms with Crippen LogP contribution in [-0.2, 0) is 38.1 Å². The summed E-state index contributed by atoms with van der Waals surface area (Å²) >= 11 is 0. The van der Waals surface area contributed by atoms with Gasteiger partial charge in [-0.3, -0.25) is 14.4 Å². The fourth-order valence-electron chi connectivity index (χ4n) is 5.21. The Bertz CT molecular complexity index is 1150. The fraction of sp³-hybridized carbons (Fsp3) is 0.533. The van der Waals surface area contributed by atoms with Crippen LogP contribution < -0.4 is 11.1 Å². The first kappa shape index (κ1) is 33.8. The molecular weight excluding hydrogens is 532 g/mol. The van der Waals surface area contributed by atoms with E-state index in [-0.39, 0.29) is 28.7 Å². The summed E-state index contributed by atoms with van der Waals surface area (Å²) in [5.41, 5.74) is 6.29. The summed E-state index contributed by atoms with van der Waals surface area (Å²) in [6, 6.07) is 0. The van der Waals surface area contributed by atoms with Crippen LogP contribution in [0.15, 0.2) is 58.9 Å². The van der Waals surface area contributed by atoms with Crippen LogP contribution in [0.3, 0.4) is 0 Å². The van der Waals surface area contributed by atoms with Crippen LogP contribution in [0.1, 0.15) is 34.1 Å². The summed E-state index contributed by atoms with van der Waals surface area (Å²) in [6.07, 6.45) is 5.11. The van der Waals surface area contributed by atoms with Crippen LogP contribution in [0, 0.1) is 11.8 Å². The molecule has 0 aromatic carbocycles. The van der Waals surface area contributed by atoms with Gasteiger partial charge in [-0.2, -0.15) is 0 Å². The van der Waals surface area contributed by atoms with Crippen LogP contribution in [0.5, 0.6) is 0 Å². The molecule has 2 bridgehead atoms. The molecule has 0 fully saturated rings. The highest BCUT2D eigenvalue weighted by Gasteiger charge is 2.36. The highest BCUT2D eigenvalue weighted by molar-refractivity contribution is 6.22. The zero-order chi connectivity index (χ0) is 30.9. The topological polar surface area (TPSA) is 152 Å². The molecule has 1 aliphatic heterocycles. The highest BCUT2D eigenvalue weighted by Crippen LogP contribution is 2.30. The summed E-state index contributed by atoms with van der Waals surface area (Å²) in [7, 11) is 6.05. The van der Waals surface area contributed by atoms with E-state index in [0.29, 0.717) is 12.0 Å². The van der Waals surface area contributed by atoms with Crippen molar-refractivity contribution >= 4 is 23.6 Å². The third kappa shape index (κ3) is 8.80. The molecule has 0 unspecified atom stereocenters. The number of amides is 2. The van der Waals surface area contributed by atoms with Crippen LogP contribution >= 0.6 is 0 Å². The molecule has 1 heterocycles. The minimum Gasteiger partial charge on any atom is -0.439 e. The normalized spacial score (nSPS) is 33.9. The van der Waals surface area contributed by atoms with Crippen molar-refractivity contribution in [3.8, 4) is 0 Å². The van der Waals surface area contributed by atoms with Crippen molar-refractivity contribution in [3.05, 3.63) is 58.9 Å². The maximum atomic E-state index is 13.4. The van der Waals surface area contributed by atoms with Gasteiger partial charge in [0.2, 0.25) is 5.78 Å². The molecule has 2 aliphatic rings. The molecule has 7 atom stereocenters. The van der Waals surface area contributed by atoms with E-state index in [1.807, 2.05) is 19.9 Å². The second-order valence-electron chi connectivity index (χ2n) is 10.2. The predicted octanol–water partition coefficient (Wildman–Crippen LogP) is 2.71. The zero-order valence-electron chi connectivity index (χ0n) is 25.0. The number of ketones is 2. The Hall–Kier alpha value is -3.38. The molecule has 11 nitrogen and oxygen atoms in total. The Morgan fingerprint density at radius 3 is 2.20 bits per heavy atom. The molecule has 0 aromatic heterocycles. The van der Waals surface area contributed by atoms with E-state index in [0.717, 1.165) is 6.08 Å². The zero-order valence-corrected chi connectivity index (χ0v) is 25.0. The van der Waals surface area contributed by atoms with E-state index in [9.17, 15) is 19.2 Å². The molecule has 0 saturated heterocycles. The lowest BCUT2D eigenvalue weighted by Crippen LogP contribution is -2.41. The van der Waals surface area contributed by atoms with E-state index >= 15 is 0 Å². The number of hydrogen-bond donors (Lipinski definition) is 2. The molecule has 1 aliphatic carbocycles. The number of primary amides is 1. The minimum atomic E-state index is -0.972. The Labute approximate surface area is 241 Å². The van der Waals surface area contributed by atoms with Crippen molar-refractivity contribution < 1.29 is 42.9 Å². The number of methoxy groups -OCH3 is 4. The molecule has 41 heavy (non-hydrogen) atoms. The smallest absolute Gasteiger partial charge is 0.405 e. The lowest BCUT2D eigenvalue weighted by atomic mass is 9.84. The van der Waals surface area contributed by atoms with Gasteiger partial charge in [0, 0.05) is 51.6 Å². The Kier molecular flexibility index (Phi) is 12.8. The van der Waals surface area contributed by atoms with Crippen molar-refractivity contribution in [2.45, 2.75) is 64.6 Å². The predicted molar refractivity (Wildman–Crippen MR) is 152 cm³/mol. The van der Waals surface area contributed by atoms with Crippen molar-refractivity contribution in [2.75, 3.05) is 28.4 Å². The van der Waals surface area contributed by atoms with E-state index < -0.39 is 54.1 Å². The van der Waals surface area contributed by atoms with Gasteiger partial charge in [-0.1, -0.05) is 38.2 Å². The average Bonchev–Trinajstić information content (AvgIpc) is 2.91. The molecule has 226 valence electrons. The number of Topliss-reactive ketones (excluding diaryl/α,β-unsaturated/α-hetero) is 1. The third-order valence-electron chi connectivity index (χ3n) is 7.27. The van der Waals surface area contributed by atoms with E-state index in [1.54, 1.807) is 40.2 Å². The number of rotatable bonds is 5. The first-order valence-corrected chi connectivity index (χ1v) is 13.3. The van der Waals surface area contributed by atoms with Gasteiger partial charge < -0.3 is 34.7 Å². The summed E-state index contributed by atoms with van der Waals surface area (Å²) in [5.74, 6) is -2.04. The lowest BCUT2D eigenvalue weighted by molar-refractivity contribution is -0.120. The van der Waals surface area contributed by atoms with Crippen LogP contribution in [-0.4, -0.2) is 82.5 Å². The van der Waals surface area contributed by atoms with Gasteiger partial charge in [-0.05, 0) is 37.8 Å². The molecule has 0 aromatic rings. The molecule has 11 heteroatoms. The molecule has 2 amide bonds. The number of ether oxygens (including phenoxy) is 5. The van der Waals surface area contributed by atoms with Crippen molar-refractivity contribution in [2.24, 2.45) is 17.6 Å². The first-order chi connectivity index (χ1) is 19.4. The highest BCUT2D eigenvalue weighted by atomic mass is 16.6. The first-order valence-electron chi connectivity index (χ1n) is 13.3. The Morgan fingerprint density at radius 1 is 0.951 bits per heavy atom. The fourth-order valence-corrected chi connectivity index (χ4v) is 5.21. The van der Waals surface area contributed by atoms with Gasteiger partial charge in [0.15, 0.2) is 11.9 Å². The maximum Gasteiger partial charge on any atom is 0.405 e. The number of carbonyl (C=O) groups is 4. The van der Waals surface area contributed by atoms with Gasteiger partial charge in [-0.25, -0.2) is 4.79 Å². The largest absolute Gasteiger partial charge is 0.439 e. The summed E-state index contributed by atoms with van der Waals surface area (Å²) in [6.45, 7) is 7.17. The molecule has 0 radical (unpaired) electrons. The molecule has 0 saturated carbocycles. The maximum absolute atomic E-state index is 13.4. The number of nitrogens with two attached hydrogens (primary N) is 1. The number of hydrogen-bond acceptors (Lipinski definition) is 9. The Morgan fingerprint density at radius 2 is 1.63 bits per heavy atom. The van der Waals surface area contributed by atoms with Crippen molar-refractivity contribution in [1.82, 2.24) is 5.32 Å².